The molecule has 1 aliphatic heterocycles. The van der Waals surface area contributed by atoms with Crippen molar-refractivity contribution in [2.45, 2.75) is 38.0 Å². The molecule has 6 heteroatoms. The van der Waals surface area contributed by atoms with E-state index >= 15 is 0 Å². The highest BCUT2D eigenvalue weighted by Crippen LogP contribution is 2.28. The zero-order chi connectivity index (χ0) is 25.3. The summed E-state index contributed by atoms with van der Waals surface area (Å²) in [7, 11) is 1.68. The van der Waals surface area contributed by atoms with Gasteiger partial charge in [0.1, 0.15) is 17.1 Å². The van der Waals surface area contributed by atoms with Crippen molar-refractivity contribution in [3.63, 3.8) is 0 Å². The first-order valence-electron chi connectivity index (χ1n) is 13.1. The zero-order valence-electron chi connectivity index (χ0n) is 21.5. The van der Waals surface area contributed by atoms with Gasteiger partial charge in [0.25, 0.3) is 0 Å². The van der Waals surface area contributed by atoms with E-state index < -0.39 is 0 Å². The molecule has 1 saturated heterocycles. The molecule has 2 N–H and O–H groups in total. The molecule has 6 nitrogen and oxygen atoms in total. The Hall–Kier alpha value is -3.32. The maximum absolute atomic E-state index is 5.97. The summed E-state index contributed by atoms with van der Waals surface area (Å²) < 4.78 is 22.6. The summed E-state index contributed by atoms with van der Waals surface area (Å²) in [5.41, 5.74) is 4.63. The summed E-state index contributed by atoms with van der Waals surface area (Å²) in [6, 6.07) is 25.3. The molecule has 0 radical (unpaired) electrons. The van der Waals surface area contributed by atoms with Crippen molar-refractivity contribution >= 4 is 11.0 Å². The van der Waals surface area contributed by atoms with E-state index in [0.29, 0.717) is 31.8 Å². The lowest BCUT2D eigenvalue weighted by atomic mass is 9.86. The number of benzene rings is 3. The molecule has 2 atom stereocenters. The molecule has 37 heavy (non-hydrogen) atoms. The Labute approximate surface area is 218 Å². The van der Waals surface area contributed by atoms with Crippen LogP contribution in [0.4, 0.5) is 0 Å². The quantitative estimate of drug-likeness (QED) is 0.245. The maximum atomic E-state index is 5.97. The first kappa shape index (κ1) is 25.3. The van der Waals surface area contributed by atoms with Gasteiger partial charge in [-0.2, -0.15) is 0 Å². The second kappa shape index (κ2) is 12.8. The minimum Gasteiger partial charge on any atom is -0.496 e. The van der Waals surface area contributed by atoms with Gasteiger partial charge in [-0.1, -0.05) is 36.4 Å². The van der Waals surface area contributed by atoms with Gasteiger partial charge in [0.15, 0.2) is 0 Å². The number of para-hydroxylation sites is 1. The molecule has 0 amide bonds. The van der Waals surface area contributed by atoms with Crippen molar-refractivity contribution in [1.82, 2.24) is 10.6 Å². The molecule has 0 aliphatic carbocycles. The van der Waals surface area contributed by atoms with Crippen LogP contribution in [0.15, 0.2) is 83.5 Å². The SMILES string of the molecule is COc1ccccc1COCCCOc1ccc([C@H]2CCNC[C@H]2NCc2ccc3occc3c2)cc1. The molecule has 5 rings (SSSR count). The second-order valence-corrected chi connectivity index (χ2v) is 9.51. The van der Waals surface area contributed by atoms with Gasteiger partial charge in [-0.3, -0.25) is 0 Å². The Bertz CT molecular complexity index is 1250. The van der Waals surface area contributed by atoms with E-state index in [-0.39, 0.29) is 0 Å². The van der Waals surface area contributed by atoms with Crippen LogP contribution in [0.5, 0.6) is 11.5 Å². The fourth-order valence-corrected chi connectivity index (χ4v) is 5.01. The third-order valence-electron chi connectivity index (χ3n) is 7.03. The van der Waals surface area contributed by atoms with Crippen molar-refractivity contribution in [2.75, 3.05) is 33.4 Å². The van der Waals surface area contributed by atoms with E-state index in [1.54, 1.807) is 13.4 Å². The van der Waals surface area contributed by atoms with E-state index in [1.165, 1.54) is 11.1 Å². The number of furan rings is 1. The normalized spacial score (nSPS) is 17.6. The highest BCUT2D eigenvalue weighted by Gasteiger charge is 2.26. The average molecular weight is 501 g/mol. The molecule has 194 valence electrons. The molecule has 3 aromatic carbocycles. The lowest BCUT2D eigenvalue weighted by Gasteiger charge is -2.33. The third-order valence-corrected chi connectivity index (χ3v) is 7.03. The number of ether oxygens (including phenoxy) is 3. The van der Waals surface area contributed by atoms with Gasteiger partial charge in [-0.15, -0.1) is 0 Å². The molecule has 4 aromatic rings. The Balaban J connectivity index is 1.07. The lowest BCUT2D eigenvalue weighted by Crippen LogP contribution is -2.47. The van der Waals surface area contributed by atoms with Crippen LogP contribution >= 0.6 is 0 Å². The van der Waals surface area contributed by atoms with Crippen molar-refractivity contribution in [1.29, 1.82) is 0 Å². The minimum atomic E-state index is 0.376. The first-order chi connectivity index (χ1) is 18.3. The average Bonchev–Trinajstić information content (AvgIpc) is 3.42. The van der Waals surface area contributed by atoms with E-state index in [1.807, 2.05) is 36.4 Å². The predicted molar refractivity (Wildman–Crippen MR) is 146 cm³/mol. The van der Waals surface area contributed by atoms with Crippen molar-refractivity contribution < 1.29 is 18.6 Å². The lowest BCUT2D eigenvalue weighted by molar-refractivity contribution is 0.105. The fourth-order valence-electron chi connectivity index (χ4n) is 5.01. The topological polar surface area (TPSA) is 64.9 Å². The molecule has 1 aliphatic rings. The highest BCUT2D eigenvalue weighted by atomic mass is 16.5. The number of methoxy groups -OCH3 is 1. The predicted octanol–water partition coefficient (Wildman–Crippen LogP) is 5.66. The Morgan fingerprint density at radius 3 is 2.78 bits per heavy atom. The third kappa shape index (κ3) is 6.72. The van der Waals surface area contributed by atoms with Crippen LogP contribution in [-0.2, 0) is 17.9 Å². The van der Waals surface area contributed by atoms with Crippen LogP contribution in [0.1, 0.15) is 35.4 Å². The smallest absolute Gasteiger partial charge is 0.133 e. The highest BCUT2D eigenvalue weighted by molar-refractivity contribution is 5.77. The molecule has 1 fully saturated rings. The number of piperidine rings is 1. The molecule has 0 unspecified atom stereocenters. The summed E-state index contributed by atoms with van der Waals surface area (Å²) >= 11 is 0. The number of nitrogens with one attached hydrogen (secondary N) is 2. The fraction of sp³-hybridized carbons (Fsp3) is 0.355. The minimum absolute atomic E-state index is 0.376. The van der Waals surface area contributed by atoms with Crippen LogP contribution in [0, 0.1) is 0 Å². The number of fused-ring (bicyclic) bond motifs is 1. The van der Waals surface area contributed by atoms with Crippen LogP contribution in [-0.4, -0.2) is 39.5 Å². The number of rotatable bonds is 12. The van der Waals surface area contributed by atoms with Gasteiger partial charge in [0, 0.05) is 42.4 Å². The molecule has 0 bridgehead atoms. The Kier molecular flexibility index (Phi) is 8.74. The molecular weight excluding hydrogens is 464 g/mol. The molecule has 0 saturated carbocycles. The summed E-state index contributed by atoms with van der Waals surface area (Å²) in [5.74, 6) is 2.23. The van der Waals surface area contributed by atoms with E-state index in [2.05, 4.69) is 47.0 Å². The summed E-state index contributed by atoms with van der Waals surface area (Å²) in [6.07, 6.45) is 3.69. The van der Waals surface area contributed by atoms with Gasteiger partial charge in [-0.25, -0.2) is 0 Å². The van der Waals surface area contributed by atoms with E-state index in [0.717, 1.165) is 60.5 Å². The van der Waals surface area contributed by atoms with Crippen LogP contribution in [0.3, 0.4) is 0 Å². The second-order valence-electron chi connectivity index (χ2n) is 9.51. The molecule has 0 spiro atoms. The van der Waals surface area contributed by atoms with Gasteiger partial charge >= 0.3 is 0 Å². The van der Waals surface area contributed by atoms with E-state index in [9.17, 15) is 0 Å². The van der Waals surface area contributed by atoms with Crippen molar-refractivity contribution in [2.24, 2.45) is 0 Å². The summed E-state index contributed by atoms with van der Waals surface area (Å²) in [4.78, 5) is 0. The monoisotopic (exact) mass is 500 g/mol. The maximum Gasteiger partial charge on any atom is 0.133 e. The first-order valence-corrected chi connectivity index (χ1v) is 13.1. The molecule has 1 aromatic heterocycles. The van der Waals surface area contributed by atoms with Crippen molar-refractivity contribution in [3.8, 4) is 11.5 Å². The van der Waals surface area contributed by atoms with Gasteiger partial charge in [0.2, 0.25) is 0 Å². The van der Waals surface area contributed by atoms with Crippen LogP contribution < -0.4 is 20.1 Å². The zero-order valence-corrected chi connectivity index (χ0v) is 21.5. The van der Waals surface area contributed by atoms with Crippen LogP contribution in [0.25, 0.3) is 11.0 Å². The van der Waals surface area contributed by atoms with Crippen molar-refractivity contribution in [3.05, 3.63) is 95.7 Å². The van der Waals surface area contributed by atoms with Crippen LogP contribution in [0.2, 0.25) is 0 Å². The Morgan fingerprint density at radius 2 is 1.89 bits per heavy atom. The van der Waals surface area contributed by atoms with E-state index in [4.69, 9.17) is 18.6 Å². The van der Waals surface area contributed by atoms with Gasteiger partial charge in [0.05, 0.1) is 33.2 Å². The number of hydrogen-bond acceptors (Lipinski definition) is 6. The molecule has 2 heterocycles. The summed E-state index contributed by atoms with van der Waals surface area (Å²) in [5, 5.41) is 8.48. The standard InChI is InChI=1S/C31H36N2O4/c1-34-30-6-3-2-5-26(30)22-35-16-4-17-36-27-10-8-24(9-11-27)28-13-15-32-21-29(28)33-20-23-7-12-31-25(19-23)14-18-37-31/h2-3,5-12,14,18-19,28-29,32-33H,4,13,15-17,20-22H2,1H3/t28-,29-/m1/s1. The Morgan fingerprint density at radius 1 is 1.00 bits per heavy atom. The summed E-state index contributed by atoms with van der Waals surface area (Å²) in [6.45, 7) is 4.66. The van der Waals surface area contributed by atoms with Gasteiger partial charge in [-0.05, 0) is 60.5 Å². The number of hydrogen-bond donors (Lipinski definition) is 2. The van der Waals surface area contributed by atoms with Gasteiger partial charge < -0.3 is 29.3 Å². The largest absolute Gasteiger partial charge is 0.496 e. The molecular formula is C31H36N2O4.